The standard InChI is InChI=1S/C16H25N3O4/c1-16(2,3)23-15(21)19-9-6-5-7-12(19)11-18-10-8-13(17-18)14(20)22-4/h8,10,12H,5-7,9,11H2,1-4H3. The third-order valence-corrected chi connectivity index (χ3v) is 3.69. The predicted octanol–water partition coefficient (Wildman–Crippen LogP) is 2.46. The molecule has 2 rings (SSSR count). The van der Waals surface area contributed by atoms with Gasteiger partial charge in [-0.1, -0.05) is 0 Å². The van der Waals surface area contributed by atoms with Gasteiger partial charge in [0.25, 0.3) is 0 Å². The Bertz CT molecular complexity index is 562. The number of amides is 1. The summed E-state index contributed by atoms with van der Waals surface area (Å²) in [5.74, 6) is -0.462. The number of piperidine rings is 1. The first-order chi connectivity index (χ1) is 10.8. The van der Waals surface area contributed by atoms with E-state index in [9.17, 15) is 9.59 Å². The van der Waals surface area contributed by atoms with Gasteiger partial charge in [0.05, 0.1) is 19.7 Å². The molecule has 0 aliphatic carbocycles. The molecule has 1 aromatic heterocycles. The number of esters is 1. The molecule has 1 atom stereocenters. The highest BCUT2D eigenvalue weighted by Crippen LogP contribution is 2.21. The van der Waals surface area contributed by atoms with Gasteiger partial charge < -0.3 is 14.4 Å². The van der Waals surface area contributed by atoms with Gasteiger partial charge >= 0.3 is 12.1 Å². The molecule has 1 saturated heterocycles. The molecule has 2 heterocycles. The van der Waals surface area contributed by atoms with Gasteiger partial charge in [-0.05, 0) is 46.1 Å². The van der Waals surface area contributed by atoms with Crippen LogP contribution in [0.3, 0.4) is 0 Å². The maximum atomic E-state index is 12.4. The zero-order chi connectivity index (χ0) is 17.0. The third-order valence-electron chi connectivity index (χ3n) is 3.69. The smallest absolute Gasteiger partial charge is 0.410 e. The average Bonchev–Trinajstić information content (AvgIpc) is 2.93. The Kier molecular flexibility index (Phi) is 5.28. The van der Waals surface area contributed by atoms with E-state index >= 15 is 0 Å². The molecule has 0 radical (unpaired) electrons. The molecular formula is C16H25N3O4. The van der Waals surface area contributed by atoms with Crippen LogP contribution in [0.1, 0.15) is 50.5 Å². The van der Waals surface area contributed by atoms with Crippen molar-refractivity contribution < 1.29 is 19.1 Å². The molecule has 7 nitrogen and oxygen atoms in total. The van der Waals surface area contributed by atoms with Gasteiger partial charge in [0.15, 0.2) is 5.69 Å². The molecule has 1 aliphatic heterocycles. The number of likely N-dealkylation sites (tertiary alicyclic amines) is 1. The van der Waals surface area contributed by atoms with E-state index in [1.807, 2.05) is 20.8 Å². The molecular weight excluding hydrogens is 298 g/mol. The summed E-state index contributed by atoms with van der Waals surface area (Å²) in [4.78, 5) is 25.6. The van der Waals surface area contributed by atoms with Crippen LogP contribution in [0.5, 0.6) is 0 Å². The van der Waals surface area contributed by atoms with Gasteiger partial charge in [0.1, 0.15) is 5.60 Å². The zero-order valence-corrected chi connectivity index (χ0v) is 14.2. The largest absolute Gasteiger partial charge is 0.464 e. The van der Waals surface area contributed by atoms with Crippen molar-refractivity contribution in [1.29, 1.82) is 0 Å². The SMILES string of the molecule is COC(=O)c1ccn(CC2CCCCN2C(=O)OC(C)(C)C)n1. The molecule has 1 amide bonds. The monoisotopic (exact) mass is 323 g/mol. The Balaban J connectivity index is 2.05. The van der Waals surface area contributed by atoms with Crippen molar-refractivity contribution in [3.05, 3.63) is 18.0 Å². The molecule has 0 spiro atoms. The topological polar surface area (TPSA) is 73.7 Å². The fourth-order valence-electron chi connectivity index (χ4n) is 2.64. The highest BCUT2D eigenvalue weighted by molar-refractivity contribution is 5.86. The molecule has 0 bridgehead atoms. The second-order valence-electron chi connectivity index (χ2n) is 6.74. The van der Waals surface area contributed by atoms with Gasteiger partial charge in [-0.15, -0.1) is 0 Å². The minimum atomic E-state index is -0.511. The summed E-state index contributed by atoms with van der Waals surface area (Å²) >= 11 is 0. The molecule has 0 N–H and O–H groups in total. The van der Waals surface area contributed by atoms with E-state index in [-0.39, 0.29) is 17.8 Å². The maximum Gasteiger partial charge on any atom is 0.410 e. The number of carbonyl (C=O) groups is 2. The minimum absolute atomic E-state index is 0.0176. The Morgan fingerprint density at radius 2 is 2.09 bits per heavy atom. The predicted molar refractivity (Wildman–Crippen MR) is 84.1 cm³/mol. The van der Waals surface area contributed by atoms with Crippen LogP contribution in [-0.4, -0.2) is 52.0 Å². The van der Waals surface area contributed by atoms with Crippen LogP contribution in [0.15, 0.2) is 12.3 Å². The van der Waals surface area contributed by atoms with Crippen molar-refractivity contribution in [3.8, 4) is 0 Å². The number of rotatable bonds is 3. The fourth-order valence-corrected chi connectivity index (χ4v) is 2.64. The summed E-state index contributed by atoms with van der Waals surface area (Å²) in [6.07, 6.45) is 4.38. The highest BCUT2D eigenvalue weighted by Gasteiger charge is 2.30. The second kappa shape index (κ2) is 7.02. The van der Waals surface area contributed by atoms with Crippen molar-refractivity contribution in [2.75, 3.05) is 13.7 Å². The first kappa shape index (κ1) is 17.3. The van der Waals surface area contributed by atoms with E-state index in [1.54, 1.807) is 21.8 Å². The first-order valence-corrected chi connectivity index (χ1v) is 7.91. The Morgan fingerprint density at radius 3 is 2.74 bits per heavy atom. The normalized spacial score (nSPS) is 18.6. The van der Waals surface area contributed by atoms with E-state index < -0.39 is 11.6 Å². The Labute approximate surface area is 136 Å². The van der Waals surface area contributed by atoms with Crippen molar-refractivity contribution in [1.82, 2.24) is 14.7 Å². The molecule has 0 aromatic carbocycles. The van der Waals surface area contributed by atoms with Crippen LogP contribution < -0.4 is 0 Å². The van der Waals surface area contributed by atoms with Gasteiger partial charge in [-0.3, -0.25) is 4.68 Å². The van der Waals surface area contributed by atoms with E-state index in [0.29, 0.717) is 13.1 Å². The van der Waals surface area contributed by atoms with Gasteiger partial charge in [0, 0.05) is 12.7 Å². The molecule has 23 heavy (non-hydrogen) atoms. The average molecular weight is 323 g/mol. The van der Waals surface area contributed by atoms with Crippen molar-refractivity contribution in [2.45, 2.75) is 58.2 Å². The number of ether oxygens (including phenoxy) is 2. The number of methoxy groups -OCH3 is 1. The Hall–Kier alpha value is -2.05. The van der Waals surface area contributed by atoms with Crippen molar-refractivity contribution in [2.24, 2.45) is 0 Å². The van der Waals surface area contributed by atoms with E-state index in [4.69, 9.17) is 4.74 Å². The lowest BCUT2D eigenvalue weighted by Crippen LogP contribution is -2.47. The maximum absolute atomic E-state index is 12.4. The van der Waals surface area contributed by atoms with Gasteiger partial charge in [-0.25, -0.2) is 9.59 Å². The van der Waals surface area contributed by atoms with Crippen LogP contribution in [0, 0.1) is 0 Å². The van der Waals surface area contributed by atoms with E-state index in [0.717, 1.165) is 19.3 Å². The van der Waals surface area contributed by atoms with Gasteiger partial charge in [-0.2, -0.15) is 5.10 Å². The summed E-state index contributed by atoms with van der Waals surface area (Å²) in [5, 5.41) is 4.21. The number of nitrogens with zero attached hydrogens (tertiary/aromatic N) is 3. The lowest BCUT2D eigenvalue weighted by molar-refractivity contribution is 0.00732. The van der Waals surface area contributed by atoms with Crippen molar-refractivity contribution >= 4 is 12.1 Å². The molecule has 1 aromatic rings. The molecule has 0 saturated carbocycles. The Morgan fingerprint density at radius 1 is 1.35 bits per heavy atom. The molecule has 7 heteroatoms. The number of hydrogen-bond acceptors (Lipinski definition) is 5. The first-order valence-electron chi connectivity index (χ1n) is 7.91. The number of aromatic nitrogens is 2. The minimum Gasteiger partial charge on any atom is -0.464 e. The third kappa shape index (κ3) is 4.71. The summed E-state index contributed by atoms with van der Waals surface area (Å²) < 4.78 is 11.8. The molecule has 1 unspecified atom stereocenters. The number of hydrogen-bond donors (Lipinski definition) is 0. The molecule has 1 aliphatic rings. The quantitative estimate of drug-likeness (QED) is 0.799. The molecule has 1 fully saturated rings. The van der Waals surface area contributed by atoms with Crippen molar-refractivity contribution in [3.63, 3.8) is 0 Å². The lowest BCUT2D eigenvalue weighted by Gasteiger charge is -2.36. The summed E-state index contributed by atoms with van der Waals surface area (Å²) in [6, 6.07) is 1.64. The lowest BCUT2D eigenvalue weighted by atomic mass is 10.0. The van der Waals surface area contributed by atoms with Gasteiger partial charge in [0.2, 0.25) is 0 Å². The number of carbonyl (C=O) groups excluding carboxylic acids is 2. The zero-order valence-electron chi connectivity index (χ0n) is 14.2. The van der Waals surface area contributed by atoms with E-state index in [2.05, 4.69) is 9.84 Å². The second-order valence-corrected chi connectivity index (χ2v) is 6.74. The molecule has 128 valence electrons. The summed E-state index contributed by atoms with van der Waals surface area (Å²) in [6.45, 7) is 6.81. The van der Waals surface area contributed by atoms with Crippen LogP contribution in [0.2, 0.25) is 0 Å². The fraction of sp³-hybridized carbons (Fsp3) is 0.688. The van der Waals surface area contributed by atoms with Crippen LogP contribution >= 0.6 is 0 Å². The van der Waals surface area contributed by atoms with Crippen LogP contribution in [0.4, 0.5) is 4.79 Å². The van der Waals surface area contributed by atoms with Crippen LogP contribution in [0.25, 0.3) is 0 Å². The summed E-state index contributed by atoms with van der Waals surface area (Å²) in [5.41, 5.74) is -0.241. The van der Waals surface area contributed by atoms with E-state index in [1.165, 1.54) is 7.11 Å². The highest BCUT2D eigenvalue weighted by atomic mass is 16.6. The van der Waals surface area contributed by atoms with Crippen LogP contribution in [-0.2, 0) is 16.0 Å². The summed E-state index contributed by atoms with van der Waals surface area (Å²) in [7, 11) is 1.33.